The van der Waals surface area contributed by atoms with Gasteiger partial charge in [-0.1, -0.05) is 0 Å². The smallest absolute Gasteiger partial charge is 0.338 e. The van der Waals surface area contributed by atoms with E-state index in [1.807, 2.05) is 0 Å². The largest absolute Gasteiger partial charge is 0.478 e. The zero-order valence-electron chi connectivity index (χ0n) is 9.84. The van der Waals surface area contributed by atoms with E-state index < -0.39 is 38.1 Å². The number of carboxylic acids is 1. The van der Waals surface area contributed by atoms with E-state index in [0.717, 1.165) is 18.4 Å². The Hall–Kier alpha value is -2.22. The molecule has 0 amide bonds. The summed E-state index contributed by atoms with van der Waals surface area (Å²) in [6.45, 7) is 0. The minimum atomic E-state index is -3.96. The first-order chi connectivity index (χ1) is 9.29. The van der Waals surface area contributed by atoms with Crippen LogP contribution in [-0.2, 0) is 15.6 Å². The van der Waals surface area contributed by atoms with Gasteiger partial charge in [-0.05, 0) is 24.3 Å². The molecule has 20 heavy (non-hydrogen) atoms. The second kappa shape index (κ2) is 5.04. The Bertz CT molecular complexity index is 764. The van der Waals surface area contributed by atoms with Crippen molar-refractivity contribution >= 4 is 15.8 Å². The lowest BCUT2D eigenvalue weighted by molar-refractivity contribution is 0.0696. The molecule has 106 valence electrons. The number of carboxylic acid groups (broad SMARTS) is 1. The van der Waals surface area contributed by atoms with Crippen LogP contribution in [0.4, 0.5) is 8.78 Å². The Morgan fingerprint density at radius 3 is 2.45 bits per heavy atom. The van der Waals surface area contributed by atoms with E-state index in [0.29, 0.717) is 12.1 Å². The molecule has 0 spiro atoms. The molecular weight excluding hydrogens is 294 g/mol. The predicted octanol–water partition coefficient (Wildman–Crippen LogP) is 2.23. The Labute approximate surface area is 112 Å². The number of rotatable bonds is 4. The van der Waals surface area contributed by atoms with Crippen LogP contribution in [0.15, 0.2) is 39.8 Å². The van der Waals surface area contributed by atoms with Crippen molar-refractivity contribution in [3.8, 4) is 0 Å². The van der Waals surface area contributed by atoms with Crippen molar-refractivity contribution in [2.45, 2.75) is 10.6 Å². The van der Waals surface area contributed by atoms with Crippen molar-refractivity contribution in [2.24, 2.45) is 0 Å². The third-order valence-corrected chi connectivity index (χ3v) is 4.12. The molecule has 0 saturated carbocycles. The van der Waals surface area contributed by atoms with Crippen molar-refractivity contribution in [1.29, 1.82) is 0 Å². The molecule has 0 aliphatic heterocycles. The summed E-state index contributed by atoms with van der Waals surface area (Å²) in [4.78, 5) is 10.2. The molecule has 0 bridgehead atoms. The standard InChI is InChI=1S/C12H8F2O5S/c13-10-2-1-9(4-11(10)14)20(17,18)6-8-3-7(5-19-8)12(15)16/h1-5H,6H2,(H,15,16). The van der Waals surface area contributed by atoms with E-state index in [4.69, 9.17) is 9.52 Å². The Balaban J connectivity index is 2.30. The summed E-state index contributed by atoms with van der Waals surface area (Å²) in [6, 6.07) is 3.24. The van der Waals surface area contributed by atoms with Crippen LogP contribution < -0.4 is 0 Å². The molecule has 0 aliphatic rings. The Kier molecular flexibility index (Phi) is 3.58. The molecule has 0 saturated heterocycles. The number of hydrogen-bond acceptors (Lipinski definition) is 4. The maximum atomic E-state index is 13.0. The molecule has 2 rings (SSSR count). The summed E-state index contributed by atoms with van der Waals surface area (Å²) in [5, 5.41) is 8.68. The summed E-state index contributed by atoms with van der Waals surface area (Å²) in [6.07, 6.45) is 0.901. The lowest BCUT2D eigenvalue weighted by Gasteiger charge is -2.03. The molecule has 1 heterocycles. The van der Waals surface area contributed by atoms with Crippen LogP contribution in [0.2, 0.25) is 0 Å². The second-order valence-electron chi connectivity index (χ2n) is 3.94. The summed E-state index contributed by atoms with van der Waals surface area (Å²) >= 11 is 0. The summed E-state index contributed by atoms with van der Waals surface area (Å²) in [5.41, 5.74) is -0.194. The fourth-order valence-electron chi connectivity index (χ4n) is 1.51. The number of halogens is 2. The number of carbonyl (C=O) groups is 1. The maximum absolute atomic E-state index is 13.0. The second-order valence-corrected chi connectivity index (χ2v) is 5.93. The van der Waals surface area contributed by atoms with E-state index in [9.17, 15) is 22.0 Å². The molecule has 0 unspecified atom stereocenters. The number of aromatic carboxylic acids is 1. The van der Waals surface area contributed by atoms with Gasteiger partial charge in [0.1, 0.15) is 17.8 Å². The molecule has 8 heteroatoms. The highest BCUT2D eigenvalue weighted by Crippen LogP contribution is 2.20. The van der Waals surface area contributed by atoms with Crippen LogP contribution in [0.25, 0.3) is 0 Å². The van der Waals surface area contributed by atoms with E-state index in [2.05, 4.69) is 0 Å². The molecule has 0 radical (unpaired) electrons. The van der Waals surface area contributed by atoms with Gasteiger partial charge in [0.25, 0.3) is 0 Å². The van der Waals surface area contributed by atoms with E-state index in [1.165, 1.54) is 0 Å². The quantitative estimate of drug-likeness (QED) is 0.875. The van der Waals surface area contributed by atoms with Gasteiger partial charge in [0, 0.05) is 0 Å². The minimum absolute atomic E-state index is 0.105. The molecule has 1 aromatic heterocycles. The summed E-state index contributed by atoms with van der Waals surface area (Å²) < 4.78 is 54.5. The van der Waals surface area contributed by atoms with Gasteiger partial charge < -0.3 is 9.52 Å². The molecule has 0 aliphatic carbocycles. The predicted molar refractivity (Wildman–Crippen MR) is 62.9 cm³/mol. The van der Waals surface area contributed by atoms with Crippen LogP contribution in [0.5, 0.6) is 0 Å². The van der Waals surface area contributed by atoms with Gasteiger partial charge >= 0.3 is 5.97 Å². The van der Waals surface area contributed by atoms with Crippen LogP contribution >= 0.6 is 0 Å². The third-order valence-electron chi connectivity index (χ3n) is 2.48. The highest BCUT2D eigenvalue weighted by atomic mass is 32.2. The lowest BCUT2D eigenvalue weighted by Crippen LogP contribution is -2.05. The van der Waals surface area contributed by atoms with Gasteiger partial charge in [-0.2, -0.15) is 0 Å². The fourth-order valence-corrected chi connectivity index (χ4v) is 2.76. The van der Waals surface area contributed by atoms with Crippen LogP contribution in [-0.4, -0.2) is 19.5 Å². The average Bonchev–Trinajstić information content (AvgIpc) is 2.80. The highest BCUT2D eigenvalue weighted by Gasteiger charge is 2.20. The van der Waals surface area contributed by atoms with Crippen molar-refractivity contribution in [3.05, 3.63) is 53.5 Å². The van der Waals surface area contributed by atoms with Crippen LogP contribution in [0.1, 0.15) is 16.1 Å². The Morgan fingerprint density at radius 2 is 1.90 bits per heavy atom. The van der Waals surface area contributed by atoms with Gasteiger partial charge in [-0.3, -0.25) is 0 Å². The van der Waals surface area contributed by atoms with Crippen molar-refractivity contribution in [2.75, 3.05) is 0 Å². The molecule has 0 fully saturated rings. The maximum Gasteiger partial charge on any atom is 0.338 e. The number of furan rings is 1. The molecule has 5 nitrogen and oxygen atoms in total. The molecule has 1 N–H and O–H groups in total. The fraction of sp³-hybridized carbons (Fsp3) is 0.0833. The van der Waals surface area contributed by atoms with E-state index >= 15 is 0 Å². The van der Waals surface area contributed by atoms with Gasteiger partial charge in [0.2, 0.25) is 0 Å². The van der Waals surface area contributed by atoms with Crippen molar-refractivity contribution in [1.82, 2.24) is 0 Å². The molecular formula is C12H8F2O5S. The molecule has 1 aromatic carbocycles. The minimum Gasteiger partial charge on any atom is -0.478 e. The number of hydrogen-bond donors (Lipinski definition) is 1. The van der Waals surface area contributed by atoms with Crippen LogP contribution in [0.3, 0.4) is 0 Å². The number of sulfone groups is 1. The van der Waals surface area contributed by atoms with E-state index in [1.54, 1.807) is 0 Å². The van der Waals surface area contributed by atoms with Gasteiger partial charge in [0.15, 0.2) is 21.5 Å². The highest BCUT2D eigenvalue weighted by molar-refractivity contribution is 7.90. The third kappa shape index (κ3) is 2.85. The number of benzene rings is 1. The Morgan fingerprint density at radius 1 is 1.20 bits per heavy atom. The lowest BCUT2D eigenvalue weighted by atomic mass is 10.3. The monoisotopic (exact) mass is 302 g/mol. The summed E-state index contributed by atoms with van der Waals surface area (Å²) in [7, 11) is -3.96. The molecule has 0 atom stereocenters. The van der Waals surface area contributed by atoms with Crippen LogP contribution in [0, 0.1) is 11.6 Å². The first-order valence-corrected chi connectivity index (χ1v) is 6.93. The zero-order chi connectivity index (χ0) is 14.9. The topological polar surface area (TPSA) is 84.6 Å². The average molecular weight is 302 g/mol. The van der Waals surface area contributed by atoms with Gasteiger partial charge in [-0.15, -0.1) is 0 Å². The normalized spacial score (nSPS) is 11.5. The van der Waals surface area contributed by atoms with Gasteiger partial charge in [-0.25, -0.2) is 22.0 Å². The SMILES string of the molecule is O=C(O)c1coc(CS(=O)(=O)c2ccc(F)c(F)c2)c1. The zero-order valence-corrected chi connectivity index (χ0v) is 10.7. The van der Waals surface area contributed by atoms with Gasteiger partial charge in [0.05, 0.1) is 10.5 Å². The molecule has 2 aromatic rings. The first kappa shape index (κ1) is 14.2. The van der Waals surface area contributed by atoms with Crippen molar-refractivity contribution < 1.29 is 31.5 Å². The first-order valence-electron chi connectivity index (χ1n) is 5.28. The van der Waals surface area contributed by atoms with E-state index in [-0.39, 0.29) is 11.3 Å². The van der Waals surface area contributed by atoms with Crippen molar-refractivity contribution in [3.63, 3.8) is 0 Å². The summed E-state index contributed by atoms with van der Waals surface area (Å²) in [5.74, 6) is -4.45.